The topological polar surface area (TPSA) is 66.5 Å². The molecule has 0 bridgehead atoms. The van der Waals surface area contributed by atoms with Gasteiger partial charge in [0.1, 0.15) is 6.04 Å². The summed E-state index contributed by atoms with van der Waals surface area (Å²) in [5, 5.41) is 5.59. The summed E-state index contributed by atoms with van der Waals surface area (Å²) in [5.41, 5.74) is 3.63. The third kappa shape index (κ3) is 3.70. The van der Waals surface area contributed by atoms with E-state index in [9.17, 15) is 13.2 Å². The van der Waals surface area contributed by atoms with E-state index >= 15 is 0 Å². The van der Waals surface area contributed by atoms with Gasteiger partial charge in [0.05, 0.1) is 11.9 Å². The van der Waals surface area contributed by atoms with Gasteiger partial charge in [0.2, 0.25) is 15.9 Å². The summed E-state index contributed by atoms with van der Waals surface area (Å²) >= 11 is 5.92. The van der Waals surface area contributed by atoms with Crippen LogP contribution in [0.25, 0.3) is 10.8 Å². The van der Waals surface area contributed by atoms with Gasteiger partial charge >= 0.3 is 0 Å². The van der Waals surface area contributed by atoms with Gasteiger partial charge in [0.25, 0.3) is 0 Å². The smallest absolute Gasteiger partial charge is 0.248 e. The molecule has 0 heterocycles. The van der Waals surface area contributed by atoms with Crippen molar-refractivity contribution in [1.29, 1.82) is 0 Å². The van der Waals surface area contributed by atoms with Crippen LogP contribution in [0.1, 0.15) is 18.1 Å². The van der Waals surface area contributed by atoms with E-state index in [1.54, 1.807) is 31.2 Å². The number of halogens is 1. The fraction of sp³-hybridized carbons (Fsp3) is 0.227. The second kappa shape index (κ2) is 7.35. The van der Waals surface area contributed by atoms with Crippen LogP contribution in [0.4, 0.5) is 11.4 Å². The molecule has 1 N–H and O–H groups in total. The number of rotatable bonds is 5. The number of carbonyl (C=O) groups excluding carboxylic acids is 1. The number of hydrogen-bond acceptors (Lipinski definition) is 3. The normalized spacial score (nSPS) is 14.0. The van der Waals surface area contributed by atoms with Gasteiger partial charge < -0.3 is 5.32 Å². The molecule has 1 aliphatic carbocycles. The molecule has 3 aromatic rings. The fourth-order valence-corrected chi connectivity index (χ4v) is 5.29. The van der Waals surface area contributed by atoms with Crippen molar-refractivity contribution >= 4 is 49.7 Å². The summed E-state index contributed by atoms with van der Waals surface area (Å²) in [6.07, 6.45) is 3.09. The second-order valence-corrected chi connectivity index (χ2v) is 9.61. The van der Waals surface area contributed by atoms with Gasteiger partial charge in [-0.25, -0.2) is 8.42 Å². The number of nitrogens with zero attached hydrogens (tertiary/aromatic N) is 1. The van der Waals surface area contributed by atoms with Crippen LogP contribution >= 0.6 is 11.6 Å². The first-order valence-electron chi connectivity index (χ1n) is 9.35. The predicted molar refractivity (Wildman–Crippen MR) is 118 cm³/mol. The van der Waals surface area contributed by atoms with Gasteiger partial charge in [-0.2, -0.15) is 0 Å². The number of amides is 1. The fourth-order valence-electron chi connectivity index (χ4n) is 3.99. The molecule has 29 heavy (non-hydrogen) atoms. The predicted octanol–water partition coefficient (Wildman–Crippen LogP) is 4.39. The molecule has 7 heteroatoms. The lowest BCUT2D eigenvalue weighted by Gasteiger charge is -2.28. The van der Waals surface area contributed by atoms with Crippen LogP contribution in [0.2, 0.25) is 5.02 Å². The number of anilines is 2. The molecule has 0 unspecified atom stereocenters. The van der Waals surface area contributed by atoms with E-state index in [4.69, 9.17) is 11.6 Å². The minimum atomic E-state index is -3.68. The average molecular weight is 429 g/mol. The number of benzene rings is 3. The standard InChI is InChI=1S/C22H21ClN2O3S/c1-14(25(29(2,27)28)18-11-9-17(23)10-12-18)22(26)24-20-13-8-16-7-6-15-4-3-5-19(20)21(15)16/h3-5,8-14H,6-7H2,1-2H3,(H,24,26)/t14-/m0/s1. The molecule has 0 saturated carbocycles. The van der Waals surface area contributed by atoms with Gasteiger partial charge in [-0.3, -0.25) is 9.10 Å². The zero-order valence-electron chi connectivity index (χ0n) is 16.1. The third-order valence-corrected chi connectivity index (χ3v) is 6.80. The van der Waals surface area contributed by atoms with E-state index in [1.807, 2.05) is 24.3 Å². The highest BCUT2D eigenvalue weighted by Gasteiger charge is 2.29. The van der Waals surface area contributed by atoms with E-state index in [0.29, 0.717) is 16.4 Å². The summed E-state index contributed by atoms with van der Waals surface area (Å²) in [7, 11) is -3.68. The van der Waals surface area contributed by atoms with Crippen molar-refractivity contribution < 1.29 is 13.2 Å². The maximum absolute atomic E-state index is 13.0. The first kappa shape index (κ1) is 19.7. The number of sulfonamides is 1. The van der Waals surface area contributed by atoms with E-state index in [-0.39, 0.29) is 0 Å². The Balaban J connectivity index is 1.67. The van der Waals surface area contributed by atoms with Crippen LogP contribution in [-0.4, -0.2) is 26.6 Å². The molecule has 3 aromatic carbocycles. The summed E-state index contributed by atoms with van der Waals surface area (Å²) in [6.45, 7) is 1.57. The molecule has 1 aliphatic rings. The molecule has 0 spiro atoms. The molecule has 0 fully saturated rings. The van der Waals surface area contributed by atoms with Gasteiger partial charge in [0.15, 0.2) is 0 Å². The molecule has 1 atom stereocenters. The molecule has 0 radical (unpaired) electrons. The van der Waals surface area contributed by atoms with Crippen LogP contribution in [-0.2, 0) is 27.7 Å². The van der Waals surface area contributed by atoms with Gasteiger partial charge in [0, 0.05) is 16.1 Å². The van der Waals surface area contributed by atoms with Crippen molar-refractivity contribution in [2.24, 2.45) is 0 Å². The first-order valence-corrected chi connectivity index (χ1v) is 11.6. The van der Waals surface area contributed by atoms with E-state index < -0.39 is 22.0 Å². The molecule has 0 saturated heterocycles. The Bertz CT molecular complexity index is 1200. The number of nitrogens with one attached hydrogen (secondary N) is 1. The molecule has 0 aromatic heterocycles. The molecule has 4 rings (SSSR count). The Morgan fingerprint density at radius 3 is 2.34 bits per heavy atom. The molecule has 0 aliphatic heterocycles. The molecule has 1 amide bonds. The molecule has 150 valence electrons. The van der Waals surface area contributed by atoms with E-state index in [2.05, 4.69) is 11.4 Å². The Labute approximate surface area is 175 Å². The number of aryl methyl sites for hydroxylation is 2. The lowest BCUT2D eigenvalue weighted by molar-refractivity contribution is -0.116. The highest BCUT2D eigenvalue weighted by Crippen LogP contribution is 2.35. The van der Waals surface area contributed by atoms with Crippen molar-refractivity contribution in [2.45, 2.75) is 25.8 Å². The zero-order valence-corrected chi connectivity index (χ0v) is 17.7. The van der Waals surface area contributed by atoms with Crippen molar-refractivity contribution in [3.8, 4) is 0 Å². The first-order chi connectivity index (χ1) is 13.8. The summed E-state index contributed by atoms with van der Waals surface area (Å²) in [4.78, 5) is 13.0. The molecular formula is C22H21ClN2O3S. The molecular weight excluding hydrogens is 408 g/mol. The Hall–Kier alpha value is -2.57. The minimum Gasteiger partial charge on any atom is -0.324 e. The lowest BCUT2D eigenvalue weighted by atomic mass is 10.0. The highest BCUT2D eigenvalue weighted by atomic mass is 35.5. The molecule has 5 nitrogen and oxygen atoms in total. The Kier molecular flexibility index (Phi) is 5.00. The van der Waals surface area contributed by atoms with Crippen molar-refractivity contribution in [3.05, 3.63) is 70.7 Å². The third-order valence-electron chi connectivity index (χ3n) is 5.30. The van der Waals surface area contributed by atoms with Gasteiger partial charge in [-0.05, 0) is 66.6 Å². The van der Waals surface area contributed by atoms with Crippen LogP contribution < -0.4 is 9.62 Å². The quantitative estimate of drug-likeness (QED) is 0.655. The summed E-state index contributed by atoms with van der Waals surface area (Å²) in [5.74, 6) is -0.399. The number of carbonyl (C=O) groups is 1. The van der Waals surface area contributed by atoms with E-state index in [0.717, 1.165) is 28.8 Å². The monoisotopic (exact) mass is 428 g/mol. The average Bonchev–Trinajstić information content (AvgIpc) is 3.09. The largest absolute Gasteiger partial charge is 0.324 e. The van der Waals surface area contributed by atoms with Crippen LogP contribution in [0.15, 0.2) is 54.6 Å². The van der Waals surface area contributed by atoms with Gasteiger partial charge in [-0.1, -0.05) is 35.9 Å². The lowest BCUT2D eigenvalue weighted by Crippen LogP contribution is -2.45. The van der Waals surface area contributed by atoms with Crippen molar-refractivity contribution in [3.63, 3.8) is 0 Å². The van der Waals surface area contributed by atoms with Crippen molar-refractivity contribution in [2.75, 3.05) is 15.9 Å². The minimum absolute atomic E-state index is 0.389. The maximum Gasteiger partial charge on any atom is 0.248 e. The zero-order chi connectivity index (χ0) is 20.8. The van der Waals surface area contributed by atoms with Crippen LogP contribution in [0.3, 0.4) is 0 Å². The van der Waals surface area contributed by atoms with Gasteiger partial charge in [-0.15, -0.1) is 0 Å². The second-order valence-electron chi connectivity index (χ2n) is 7.31. The summed E-state index contributed by atoms with van der Waals surface area (Å²) < 4.78 is 26.0. The maximum atomic E-state index is 13.0. The van der Waals surface area contributed by atoms with E-state index in [1.165, 1.54) is 16.5 Å². The SMILES string of the molecule is C[C@@H](C(=O)Nc1ccc2c3c(cccc13)CC2)N(c1ccc(Cl)cc1)S(C)(=O)=O. The highest BCUT2D eigenvalue weighted by molar-refractivity contribution is 7.92. The van der Waals surface area contributed by atoms with Crippen LogP contribution in [0, 0.1) is 0 Å². The van der Waals surface area contributed by atoms with Crippen molar-refractivity contribution in [1.82, 2.24) is 0 Å². The Morgan fingerprint density at radius 2 is 1.69 bits per heavy atom. The van der Waals surface area contributed by atoms with Crippen LogP contribution in [0.5, 0.6) is 0 Å². The number of hydrogen-bond donors (Lipinski definition) is 1. The Morgan fingerprint density at radius 1 is 1.03 bits per heavy atom. The summed E-state index contributed by atoms with van der Waals surface area (Å²) in [6, 6.07) is 15.5.